The molecule has 3 aromatic rings. The molecule has 1 aliphatic rings. The molecule has 8 nitrogen and oxygen atoms in total. The number of aliphatic hydroxyl groups excluding tert-OH is 1. The molecule has 0 aliphatic carbocycles. The van der Waals surface area contributed by atoms with Gasteiger partial charge in [0.1, 0.15) is 17.7 Å². The summed E-state index contributed by atoms with van der Waals surface area (Å²) in [6, 6.07) is 9.46. The van der Waals surface area contributed by atoms with Gasteiger partial charge in [-0.15, -0.1) is 0 Å². The molecule has 0 radical (unpaired) electrons. The first kappa shape index (κ1) is 23.4. The van der Waals surface area contributed by atoms with Crippen LogP contribution in [0.3, 0.4) is 0 Å². The zero-order valence-electron chi connectivity index (χ0n) is 18.4. The Kier molecular flexibility index (Phi) is 7.19. The molecule has 0 saturated carbocycles. The monoisotopic (exact) mass is 467 g/mol. The van der Waals surface area contributed by atoms with E-state index >= 15 is 0 Å². The molecule has 1 aromatic heterocycles. The highest BCUT2D eigenvalue weighted by Crippen LogP contribution is 2.25. The normalized spacial score (nSPS) is 14.9. The third-order valence-electron chi connectivity index (χ3n) is 5.53. The molecular weight excluding hydrogens is 444 g/mol. The standard InChI is InChI=1S/C24H23F2N5O3/c1-34-22(14-32)21(13-31-28-9-10-29-31)30-24(33)18-3-2-4-19(26)23(18)20-11-16(12-27-20)15-5-7-17(25)8-6-15/h2-11,21-22,32H,12-14H2,1H3,(H,30,33)/t21-,22-/m1/s1. The molecule has 2 N–H and O–H groups in total. The average Bonchev–Trinajstić information content (AvgIpc) is 3.52. The second-order valence-electron chi connectivity index (χ2n) is 7.66. The fourth-order valence-electron chi connectivity index (χ4n) is 3.77. The van der Waals surface area contributed by atoms with Gasteiger partial charge in [-0.25, -0.2) is 8.78 Å². The van der Waals surface area contributed by atoms with Crippen molar-refractivity contribution in [2.45, 2.75) is 18.7 Å². The summed E-state index contributed by atoms with van der Waals surface area (Å²) in [5.41, 5.74) is 2.01. The topological polar surface area (TPSA) is 102 Å². The van der Waals surface area contributed by atoms with Gasteiger partial charge in [-0.05, 0) is 41.5 Å². The number of halogens is 2. The molecule has 1 aliphatic heterocycles. The Morgan fingerprint density at radius 1 is 1.18 bits per heavy atom. The van der Waals surface area contributed by atoms with E-state index in [1.54, 1.807) is 18.2 Å². The summed E-state index contributed by atoms with van der Waals surface area (Å²) >= 11 is 0. The summed E-state index contributed by atoms with van der Waals surface area (Å²) in [6.07, 6.45) is 3.95. The maximum atomic E-state index is 14.9. The molecule has 2 aromatic carbocycles. The van der Waals surface area contributed by atoms with Crippen molar-refractivity contribution >= 4 is 17.2 Å². The van der Waals surface area contributed by atoms with E-state index < -0.39 is 23.9 Å². The van der Waals surface area contributed by atoms with Gasteiger partial charge in [-0.1, -0.05) is 18.2 Å². The summed E-state index contributed by atoms with van der Waals surface area (Å²) < 4.78 is 33.5. The Morgan fingerprint density at radius 2 is 1.91 bits per heavy atom. The van der Waals surface area contributed by atoms with Gasteiger partial charge in [-0.2, -0.15) is 15.0 Å². The molecule has 34 heavy (non-hydrogen) atoms. The van der Waals surface area contributed by atoms with Crippen LogP contribution in [0.1, 0.15) is 21.5 Å². The molecule has 2 atom stereocenters. The number of benzene rings is 2. The molecule has 1 amide bonds. The van der Waals surface area contributed by atoms with Crippen LogP contribution >= 0.6 is 0 Å². The van der Waals surface area contributed by atoms with Crippen molar-refractivity contribution in [1.82, 2.24) is 20.3 Å². The Bertz CT molecular complexity index is 1210. The Morgan fingerprint density at radius 3 is 2.59 bits per heavy atom. The van der Waals surface area contributed by atoms with E-state index in [1.807, 2.05) is 0 Å². The van der Waals surface area contributed by atoms with Crippen molar-refractivity contribution in [3.63, 3.8) is 0 Å². The zero-order valence-corrected chi connectivity index (χ0v) is 18.4. The maximum Gasteiger partial charge on any atom is 0.252 e. The van der Waals surface area contributed by atoms with Crippen molar-refractivity contribution in [2.75, 3.05) is 20.3 Å². The fraction of sp³-hybridized carbons (Fsp3) is 0.250. The van der Waals surface area contributed by atoms with Crippen LogP contribution in [-0.2, 0) is 11.3 Å². The Balaban J connectivity index is 1.62. The van der Waals surface area contributed by atoms with Crippen LogP contribution in [0.25, 0.3) is 5.57 Å². The van der Waals surface area contributed by atoms with Crippen LogP contribution in [0.4, 0.5) is 8.78 Å². The van der Waals surface area contributed by atoms with E-state index in [9.17, 15) is 18.7 Å². The van der Waals surface area contributed by atoms with E-state index in [4.69, 9.17) is 4.74 Å². The van der Waals surface area contributed by atoms with Gasteiger partial charge in [0.25, 0.3) is 5.91 Å². The van der Waals surface area contributed by atoms with E-state index in [0.29, 0.717) is 5.71 Å². The second-order valence-corrected chi connectivity index (χ2v) is 7.66. The van der Waals surface area contributed by atoms with Gasteiger partial charge < -0.3 is 15.2 Å². The van der Waals surface area contributed by atoms with Crippen LogP contribution in [0.2, 0.25) is 0 Å². The van der Waals surface area contributed by atoms with Crippen molar-refractivity contribution < 1.29 is 23.4 Å². The summed E-state index contributed by atoms with van der Waals surface area (Å²) in [5, 5.41) is 20.6. The number of ether oxygens (including phenoxy) is 1. The molecule has 0 bridgehead atoms. The quantitative estimate of drug-likeness (QED) is 0.503. The van der Waals surface area contributed by atoms with Gasteiger partial charge in [0.2, 0.25) is 0 Å². The molecule has 0 saturated heterocycles. The predicted molar refractivity (Wildman–Crippen MR) is 121 cm³/mol. The Labute approximate surface area is 194 Å². The highest BCUT2D eigenvalue weighted by atomic mass is 19.1. The molecule has 2 heterocycles. The number of hydrogen-bond acceptors (Lipinski definition) is 6. The van der Waals surface area contributed by atoms with E-state index in [1.165, 1.54) is 54.6 Å². The molecule has 0 spiro atoms. The van der Waals surface area contributed by atoms with Gasteiger partial charge in [0.15, 0.2) is 0 Å². The molecule has 10 heteroatoms. The fourth-order valence-corrected chi connectivity index (χ4v) is 3.77. The van der Waals surface area contributed by atoms with Crippen molar-refractivity contribution in [1.29, 1.82) is 0 Å². The number of nitrogens with one attached hydrogen (secondary N) is 1. The number of carbonyl (C=O) groups is 1. The zero-order chi connectivity index (χ0) is 24.1. The van der Waals surface area contributed by atoms with Gasteiger partial charge in [-0.3, -0.25) is 9.79 Å². The van der Waals surface area contributed by atoms with Crippen molar-refractivity contribution in [3.05, 3.63) is 89.3 Å². The first-order valence-corrected chi connectivity index (χ1v) is 10.6. The molecule has 0 unspecified atom stereocenters. The number of nitrogens with zero attached hydrogens (tertiary/aromatic N) is 4. The summed E-state index contributed by atoms with van der Waals surface area (Å²) in [7, 11) is 1.42. The van der Waals surface area contributed by atoms with Crippen LogP contribution < -0.4 is 5.32 Å². The first-order chi connectivity index (χ1) is 16.5. The van der Waals surface area contributed by atoms with Crippen molar-refractivity contribution in [2.24, 2.45) is 4.99 Å². The highest BCUT2D eigenvalue weighted by molar-refractivity contribution is 6.19. The summed E-state index contributed by atoms with van der Waals surface area (Å²) in [5.74, 6) is -1.51. The van der Waals surface area contributed by atoms with E-state index in [0.717, 1.165) is 11.1 Å². The minimum Gasteiger partial charge on any atom is -0.394 e. The highest BCUT2D eigenvalue weighted by Gasteiger charge is 2.27. The third kappa shape index (κ3) is 5.08. The van der Waals surface area contributed by atoms with Crippen LogP contribution in [0, 0.1) is 11.6 Å². The Hall–Kier alpha value is -3.76. The lowest BCUT2D eigenvalue weighted by Gasteiger charge is -2.25. The number of aromatic nitrogens is 3. The number of amides is 1. The van der Waals surface area contributed by atoms with E-state index in [2.05, 4.69) is 20.5 Å². The molecular formula is C24H23F2N5O3. The minimum absolute atomic E-state index is 0.0611. The number of aliphatic imine (C=N–C) groups is 1. The number of hydrogen-bond donors (Lipinski definition) is 2. The number of allylic oxidation sites excluding steroid dienone is 1. The number of rotatable bonds is 9. The van der Waals surface area contributed by atoms with E-state index in [-0.39, 0.29) is 36.6 Å². The molecule has 4 rings (SSSR count). The smallest absolute Gasteiger partial charge is 0.252 e. The average molecular weight is 467 g/mol. The molecule has 0 fully saturated rings. The lowest BCUT2D eigenvalue weighted by atomic mass is 9.99. The van der Waals surface area contributed by atoms with Crippen LogP contribution in [0.15, 0.2) is 65.9 Å². The van der Waals surface area contributed by atoms with Crippen molar-refractivity contribution in [3.8, 4) is 0 Å². The van der Waals surface area contributed by atoms with Crippen LogP contribution in [-0.4, -0.2) is 64.1 Å². The SMILES string of the molecule is CO[C@H](CO)[C@@H](Cn1nccn1)NC(=O)c1cccc(F)c1C1=NCC(c2ccc(F)cc2)=C1. The minimum atomic E-state index is -0.735. The third-order valence-corrected chi connectivity index (χ3v) is 5.53. The summed E-state index contributed by atoms with van der Waals surface area (Å²) in [4.78, 5) is 19.0. The lowest BCUT2D eigenvalue weighted by molar-refractivity contribution is 0.0157. The lowest BCUT2D eigenvalue weighted by Crippen LogP contribution is -2.49. The van der Waals surface area contributed by atoms with Gasteiger partial charge >= 0.3 is 0 Å². The number of methoxy groups -OCH3 is 1. The van der Waals surface area contributed by atoms with Gasteiger partial charge in [0.05, 0.1) is 49.4 Å². The number of aliphatic hydroxyl groups is 1. The number of carbonyl (C=O) groups excluding carboxylic acids is 1. The first-order valence-electron chi connectivity index (χ1n) is 10.6. The maximum absolute atomic E-state index is 14.9. The summed E-state index contributed by atoms with van der Waals surface area (Å²) in [6.45, 7) is 0.0629. The second kappa shape index (κ2) is 10.4. The van der Waals surface area contributed by atoms with Crippen LogP contribution in [0.5, 0.6) is 0 Å². The van der Waals surface area contributed by atoms with Gasteiger partial charge in [0, 0.05) is 12.7 Å². The predicted octanol–water partition coefficient (Wildman–Crippen LogP) is 2.25. The molecule has 176 valence electrons. The largest absolute Gasteiger partial charge is 0.394 e.